The highest BCUT2D eigenvalue weighted by molar-refractivity contribution is 6.38. The lowest BCUT2D eigenvalue weighted by molar-refractivity contribution is 0.0611. The van der Waals surface area contributed by atoms with E-state index in [0.29, 0.717) is 43.1 Å². The number of carbonyl (C=O) groups excluding carboxylic acids is 1. The van der Waals surface area contributed by atoms with Gasteiger partial charge in [-0.25, -0.2) is 4.79 Å². The summed E-state index contributed by atoms with van der Waals surface area (Å²) in [5.41, 5.74) is -0.527. The number of rotatable bonds is 3. The van der Waals surface area contributed by atoms with Crippen LogP contribution in [0.4, 0.5) is 0 Å². The molecule has 1 N–H and O–H groups in total. The number of amides is 1. The van der Waals surface area contributed by atoms with Crippen LogP contribution in [0, 0.1) is 0 Å². The molecule has 1 fully saturated rings. The number of aliphatic hydroxyl groups is 1. The van der Waals surface area contributed by atoms with Crippen LogP contribution in [-0.4, -0.2) is 60.1 Å². The molecule has 128 valence electrons. The van der Waals surface area contributed by atoms with Gasteiger partial charge in [0.2, 0.25) is 0 Å². The molecule has 1 saturated heterocycles. The number of fused-ring (bicyclic) bond motifs is 1. The molecule has 1 aromatic heterocycles. The van der Waals surface area contributed by atoms with Crippen LogP contribution in [0.2, 0.25) is 10.0 Å². The zero-order valence-corrected chi connectivity index (χ0v) is 14.3. The second-order valence-electron chi connectivity index (χ2n) is 5.61. The Kier molecular flexibility index (Phi) is 5.10. The molecule has 0 atom stereocenters. The molecular weight excluding hydrogens is 355 g/mol. The van der Waals surface area contributed by atoms with Gasteiger partial charge in [0.25, 0.3) is 5.91 Å². The monoisotopic (exact) mass is 370 g/mol. The molecule has 1 amide bonds. The van der Waals surface area contributed by atoms with E-state index in [4.69, 9.17) is 32.7 Å². The van der Waals surface area contributed by atoms with Crippen LogP contribution in [0.5, 0.6) is 0 Å². The van der Waals surface area contributed by atoms with Crippen molar-refractivity contribution in [3.05, 3.63) is 44.2 Å². The van der Waals surface area contributed by atoms with E-state index < -0.39 is 5.63 Å². The summed E-state index contributed by atoms with van der Waals surface area (Å²) < 4.78 is 5.21. The zero-order valence-electron chi connectivity index (χ0n) is 12.8. The molecule has 1 aliphatic heterocycles. The summed E-state index contributed by atoms with van der Waals surface area (Å²) in [5, 5.41) is 10.1. The largest absolute Gasteiger partial charge is 0.421 e. The van der Waals surface area contributed by atoms with E-state index in [-0.39, 0.29) is 28.7 Å². The van der Waals surface area contributed by atoms with Crippen LogP contribution in [0.1, 0.15) is 10.4 Å². The van der Waals surface area contributed by atoms with E-state index in [1.165, 1.54) is 12.1 Å². The van der Waals surface area contributed by atoms with Gasteiger partial charge in [-0.3, -0.25) is 9.69 Å². The van der Waals surface area contributed by atoms with Crippen molar-refractivity contribution in [1.29, 1.82) is 0 Å². The lowest BCUT2D eigenvalue weighted by atomic mass is 10.1. The molecule has 0 bridgehead atoms. The Labute approximate surface area is 148 Å². The first kappa shape index (κ1) is 17.2. The fourth-order valence-corrected chi connectivity index (χ4v) is 3.34. The predicted octanol–water partition coefficient (Wildman–Crippen LogP) is 1.85. The molecule has 2 heterocycles. The van der Waals surface area contributed by atoms with Gasteiger partial charge in [-0.05, 0) is 18.2 Å². The van der Waals surface area contributed by atoms with Crippen molar-refractivity contribution in [3.8, 4) is 0 Å². The van der Waals surface area contributed by atoms with E-state index in [0.717, 1.165) is 0 Å². The molecule has 3 rings (SSSR count). The van der Waals surface area contributed by atoms with Crippen molar-refractivity contribution in [2.24, 2.45) is 0 Å². The van der Waals surface area contributed by atoms with Crippen LogP contribution in [0.3, 0.4) is 0 Å². The Hall–Kier alpha value is -1.60. The number of hydrogen-bond donors (Lipinski definition) is 1. The van der Waals surface area contributed by atoms with E-state index in [2.05, 4.69) is 4.90 Å². The number of piperazine rings is 1. The van der Waals surface area contributed by atoms with Gasteiger partial charge in [0.15, 0.2) is 5.58 Å². The van der Waals surface area contributed by atoms with Gasteiger partial charge in [-0.1, -0.05) is 23.2 Å². The molecule has 8 heteroatoms. The van der Waals surface area contributed by atoms with Gasteiger partial charge < -0.3 is 14.4 Å². The second-order valence-corrected chi connectivity index (χ2v) is 6.45. The van der Waals surface area contributed by atoms with Gasteiger partial charge in [0.05, 0.1) is 11.6 Å². The fraction of sp³-hybridized carbons (Fsp3) is 0.375. The van der Waals surface area contributed by atoms with Crippen LogP contribution in [-0.2, 0) is 0 Å². The van der Waals surface area contributed by atoms with E-state index in [9.17, 15) is 9.59 Å². The van der Waals surface area contributed by atoms with Crippen molar-refractivity contribution in [1.82, 2.24) is 9.80 Å². The summed E-state index contributed by atoms with van der Waals surface area (Å²) in [6, 6.07) is 4.55. The molecule has 0 unspecified atom stereocenters. The third kappa shape index (κ3) is 3.42. The highest BCUT2D eigenvalue weighted by Crippen LogP contribution is 2.27. The first-order chi connectivity index (χ1) is 11.5. The van der Waals surface area contributed by atoms with E-state index >= 15 is 0 Å². The summed E-state index contributed by atoms with van der Waals surface area (Å²) in [4.78, 5) is 28.5. The molecule has 24 heavy (non-hydrogen) atoms. The number of benzene rings is 1. The van der Waals surface area contributed by atoms with Gasteiger partial charge in [-0.2, -0.15) is 0 Å². The first-order valence-electron chi connectivity index (χ1n) is 7.55. The molecular formula is C16H16Cl2N2O4. The normalized spacial score (nSPS) is 15.9. The Bertz CT molecular complexity index is 829. The summed E-state index contributed by atoms with van der Waals surface area (Å²) in [5.74, 6) is -0.370. The number of halogens is 2. The number of aliphatic hydroxyl groups excluding tert-OH is 1. The smallest absolute Gasteiger partial charge is 0.349 e. The maximum Gasteiger partial charge on any atom is 0.349 e. The maximum absolute atomic E-state index is 12.6. The third-order valence-corrected chi connectivity index (χ3v) is 4.56. The summed E-state index contributed by atoms with van der Waals surface area (Å²) in [7, 11) is 0. The SMILES string of the molecule is O=C(c1cc2cc(Cl)cc(Cl)c2oc1=O)N1CCN(CCO)CC1. The molecule has 0 spiro atoms. The number of hydrogen-bond acceptors (Lipinski definition) is 5. The maximum atomic E-state index is 12.6. The van der Waals surface area contributed by atoms with Crippen LogP contribution in [0.25, 0.3) is 11.0 Å². The van der Waals surface area contributed by atoms with Gasteiger partial charge in [0.1, 0.15) is 5.56 Å². The quantitative estimate of drug-likeness (QED) is 0.834. The average molecular weight is 371 g/mol. The fourth-order valence-electron chi connectivity index (χ4n) is 2.79. The number of nitrogens with zero attached hydrogens (tertiary/aromatic N) is 2. The van der Waals surface area contributed by atoms with Crippen molar-refractivity contribution in [2.75, 3.05) is 39.3 Å². The minimum absolute atomic E-state index is 0.0311. The van der Waals surface area contributed by atoms with Crippen LogP contribution < -0.4 is 5.63 Å². The lowest BCUT2D eigenvalue weighted by Crippen LogP contribution is -2.50. The molecule has 1 aliphatic rings. The van der Waals surface area contributed by atoms with E-state index in [1.807, 2.05) is 0 Å². The predicted molar refractivity (Wildman–Crippen MR) is 91.9 cm³/mol. The summed E-state index contributed by atoms with van der Waals surface area (Å²) in [6.07, 6.45) is 0. The van der Waals surface area contributed by atoms with Crippen LogP contribution >= 0.6 is 23.2 Å². The van der Waals surface area contributed by atoms with Crippen LogP contribution in [0.15, 0.2) is 27.4 Å². The van der Waals surface area contributed by atoms with Crippen molar-refractivity contribution in [3.63, 3.8) is 0 Å². The second kappa shape index (κ2) is 7.11. The molecule has 6 nitrogen and oxygen atoms in total. The van der Waals surface area contributed by atoms with E-state index in [1.54, 1.807) is 11.0 Å². The minimum atomic E-state index is -0.713. The van der Waals surface area contributed by atoms with Crippen molar-refractivity contribution >= 4 is 40.1 Å². The Balaban J connectivity index is 1.88. The molecule has 1 aromatic carbocycles. The zero-order chi connectivity index (χ0) is 17.3. The van der Waals surface area contributed by atoms with Gasteiger partial charge >= 0.3 is 5.63 Å². The molecule has 0 saturated carbocycles. The summed E-state index contributed by atoms with van der Waals surface area (Å²) in [6.45, 7) is 2.96. The summed E-state index contributed by atoms with van der Waals surface area (Å²) >= 11 is 12.0. The topological polar surface area (TPSA) is 74.0 Å². The standard InChI is InChI=1S/C16H16Cl2N2O4/c17-11-7-10-8-12(16(23)24-14(10)13(18)9-11)15(22)20-3-1-19(2-4-20)5-6-21/h7-9,21H,1-6H2. The van der Waals surface area contributed by atoms with Crippen molar-refractivity contribution < 1.29 is 14.3 Å². The number of carbonyl (C=O) groups is 1. The first-order valence-corrected chi connectivity index (χ1v) is 8.30. The third-order valence-electron chi connectivity index (χ3n) is 4.06. The van der Waals surface area contributed by atoms with Crippen molar-refractivity contribution in [2.45, 2.75) is 0 Å². The lowest BCUT2D eigenvalue weighted by Gasteiger charge is -2.34. The Morgan fingerprint density at radius 3 is 2.54 bits per heavy atom. The minimum Gasteiger partial charge on any atom is -0.421 e. The number of β-amino-alcohol motifs (C(OH)–C–C–N with tert-alkyl or cyclic N) is 1. The Morgan fingerprint density at radius 1 is 1.17 bits per heavy atom. The molecule has 0 radical (unpaired) electrons. The molecule has 0 aliphatic carbocycles. The highest BCUT2D eigenvalue weighted by Gasteiger charge is 2.25. The highest BCUT2D eigenvalue weighted by atomic mass is 35.5. The van der Waals surface area contributed by atoms with Gasteiger partial charge in [-0.15, -0.1) is 0 Å². The van der Waals surface area contributed by atoms with Gasteiger partial charge in [0, 0.05) is 43.1 Å². The average Bonchev–Trinajstić information content (AvgIpc) is 2.55. The Morgan fingerprint density at radius 2 is 1.88 bits per heavy atom. The molecule has 2 aromatic rings.